The summed E-state index contributed by atoms with van der Waals surface area (Å²) < 4.78 is 0. The molecule has 0 aromatic carbocycles. The zero-order valence-corrected chi connectivity index (χ0v) is 10.8. The van der Waals surface area contributed by atoms with Gasteiger partial charge in [0.1, 0.15) is 0 Å². The Balaban J connectivity index is 2.29. The monoisotopic (exact) mass is 212 g/mol. The average molecular weight is 212 g/mol. The molecule has 0 amide bonds. The number of hydrogen-bond donors (Lipinski definition) is 1. The van der Waals surface area contributed by atoms with Crippen molar-refractivity contribution in [2.24, 2.45) is 11.8 Å². The van der Waals surface area contributed by atoms with Gasteiger partial charge in [-0.3, -0.25) is 0 Å². The van der Waals surface area contributed by atoms with Gasteiger partial charge < -0.3 is 5.11 Å². The molecule has 1 aliphatic carbocycles. The van der Waals surface area contributed by atoms with E-state index in [1.54, 1.807) is 0 Å². The molecule has 0 radical (unpaired) electrons. The van der Waals surface area contributed by atoms with Crippen molar-refractivity contribution >= 4 is 0 Å². The molecule has 1 heteroatoms. The third-order valence-electron chi connectivity index (χ3n) is 3.95. The van der Waals surface area contributed by atoms with Crippen LogP contribution >= 0.6 is 0 Å². The van der Waals surface area contributed by atoms with Crippen LogP contribution in [0.1, 0.15) is 72.1 Å². The molecule has 15 heavy (non-hydrogen) atoms. The van der Waals surface area contributed by atoms with E-state index in [9.17, 15) is 5.11 Å². The standard InChI is InChI=1S/C14H28O/c1-12(2)8-7-11-14(3,15)13-9-5-4-6-10-13/h12-13,15H,4-11H2,1-3H3. The lowest BCUT2D eigenvalue weighted by Gasteiger charge is -2.36. The first kappa shape index (κ1) is 13.0. The normalized spacial score (nSPS) is 23.0. The maximum atomic E-state index is 10.5. The quantitative estimate of drug-likeness (QED) is 0.726. The van der Waals surface area contributed by atoms with E-state index >= 15 is 0 Å². The highest BCUT2D eigenvalue weighted by molar-refractivity contribution is 4.84. The lowest BCUT2D eigenvalue weighted by Crippen LogP contribution is -2.35. The number of hydrogen-bond acceptors (Lipinski definition) is 1. The van der Waals surface area contributed by atoms with E-state index in [1.807, 2.05) is 0 Å². The Hall–Kier alpha value is -0.0400. The Morgan fingerprint density at radius 2 is 1.80 bits per heavy atom. The number of rotatable bonds is 5. The molecule has 1 N–H and O–H groups in total. The molecule has 0 saturated heterocycles. The second-order valence-electron chi connectivity index (χ2n) is 5.98. The molecule has 1 aliphatic rings. The minimum absolute atomic E-state index is 0.394. The van der Waals surface area contributed by atoms with E-state index in [0.29, 0.717) is 5.92 Å². The van der Waals surface area contributed by atoms with E-state index < -0.39 is 5.60 Å². The molecular formula is C14H28O. The summed E-state index contributed by atoms with van der Waals surface area (Å²) in [6.45, 7) is 6.58. The molecule has 0 aromatic heterocycles. The molecule has 1 unspecified atom stereocenters. The van der Waals surface area contributed by atoms with Crippen LogP contribution in [-0.4, -0.2) is 10.7 Å². The summed E-state index contributed by atoms with van der Waals surface area (Å²) in [7, 11) is 0. The van der Waals surface area contributed by atoms with Crippen LogP contribution in [0.15, 0.2) is 0 Å². The third kappa shape index (κ3) is 4.55. The van der Waals surface area contributed by atoms with Crippen LogP contribution in [-0.2, 0) is 0 Å². The number of aliphatic hydroxyl groups is 1. The van der Waals surface area contributed by atoms with Gasteiger partial charge in [-0.1, -0.05) is 46.0 Å². The predicted molar refractivity (Wildman–Crippen MR) is 65.9 cm³/mol. The molecule has 0 heterocycles. The minimum atomic E-state index is -0.394. The summed E-state index contributed by atoms with van der Waals surface area (Å²) in [5.41, 5.74) is -0.394. The second-order valence-corrected chi connectivity index (χ2v) is 5.98. The molecule has 0 spiro atoms. The van der Waals surface area contributed by atoms with E-state index in [-0.39, 0.29) is 0 Å². The smallest absolute Gasteiger partial charge is 0.0647 e. The lowest BCUT2D eigenvalue weighted by atomic mass is 9.75. The maximum Gasteiger partial charge on any atom is 0.0647 e. The van der Waals surface area contributed by atoms with Gasteiger partial charge in [0.15, 0.2) is 0 Å². The highest BCUT2D eigenvalue weighted by atomic mass is 16.3. The van der Waals surface area contributed by atoms with Crippen molar-refractivity contribution in [2.75, 3.05) is 0 Å². The van der Waals surface area contributed by atoms with Crippen LogP contribution < -0.4 is 0 Å². The van der Waals surface area contributed by atoms with E-state index in [1.165, 1.54) is 44.9 Å². The average Bonchev–Trinajstić information content (AvgIpc) is 2.18. The van der Waals surface area contributed by atoms with Crippen molar-refractivity contribution in [1.82, 2.24) is 0 Å². The van der Waals surface area contributed by atoms with Crippen LogP contribution in [0, 0.1) is 11.8 Å². The molecule has 0 aliphatic heterocycles. The van der Waals surface area contributed by atoms with Gasteiger partial charge in [-0.15, -0.1) is 0 Å². The van der Waals surface area contributed by atoms with Gasteiger partial charge >= 0.3 is 0 Å². The molecule has 0 bridgehead atoms. The van der Waals surface area contributed by atoms with Crippen molar-refractivity contribution < 1.29 is 5.11 Å². The largest absolute Gasteiger partial charge is 0.390 e. The summed E-state index contributed by atoms with van der Waals surface area (Å²) >= 11 is 0. The Labute approximate surface area is 95.3 Å². The highest BCUT2D eigenvalue weighted by Crippen LogP contribution is 2.35. The van der Waals surface area contributed by atoms with E-state index in [0.717, 1.165) is 12.3 Å². The first-order chi connectivity index (χ1) is 7.02. The van der Waals surface area contributed by atoms with Crippen molar-refractivity contribution in [3.8, 4) is 0 Å². The third-order valence-corrected chi connectivity index (χ3v) is 3.95. The molecule has 1 atom stereocenters. The van der Waals surface area contributed by atoms with E-state index in [2.05, 4.69) is 20.8 Å². The topological polar surface area (TPSA) is 20.2 Å². The van der Waals surface area contributed by atoms with Crippen LogP contribution in [0.4, 0.5) is 0 Å². The Morgan fingerprint density at radius 1 is 1.20 bits per heavy atom. The first-order valence-electron chi connectivity index (χ1n) is 6.75. The fourth-order valence-electron chi connectivity index (χ4n) is 2.80. The highest BCUT2D eigenvalue weighted by Gasteiger charge is 2.31. The molecule has 1 rings (SSSR count). The second kappa shape index (κ2) is 5.89. The van der Waals surface area contributed by atoms with Crippen LogP contribution in [0.2, 0.25) is 0 Å². The SMILES string of the molecule is CC(C)CCCC(C)(O)C1CCCCC1. The summed E-state index contributed by atoms with van der Waals surface area (Å²) in [4.78, 5) is 0. The van der Waals surface area contributed by atoms with Crippen molar-refractivity contribution in [1.29, 1.82) is 0 Å². The first-order valence-corrected chi connectivity index (χ1v) is 6.75. The summed E-state index contributed by atoms with van der Waals surface area (Å²) in [6, 6.07) is 0. The van der Waals surface area contributed by atoms with Gasteiger partial charge in [0.25, 0.3) is 0 Å². The summed E-state index contributed by atoms with van der Waals surface area (Å²) in [5, 5.41) is 10.5. The van der Waals surface area contributed by atoms with Gasteiger partial charge in [-0.25, -0.2) is 0 Å². The van der Waals surface area contributed by atoms with Crippen LogP contribution in [0.25, 0.3) is 0 Å². The maximum absolute atomic E-state index is 10.5. The molecule has 1 nitrogen and oxygen atoms in total. The van der Waals surface area contributed by atoms with E-state index in [4.69, 9.17) is 0 Å². The van der Waals surface area contributed by atoms with Gasteiger partial charge in [0.05, 0.1) is 5.60 Å². The zero-order valence-electron chi connectivity index (χ0n) is 10.8. The predicted octanol–water partition coefficient (Wildman–Crippen LogP) is 4.14. The Kier molecular flexibility index (Phi) is 5.11. The Bertz CT molecular complexity index is 166. The molecule has 90 valence electrons. The van der Waals surface area contributed by atoms with Crippen LogP contribution in [0.5, 0.6) is 0 Å². The van der Waals surface area contributed by atoms with Gasteiger partial charge in [0, 0.05) is 0 Å². The van der Waals surface area contributed by atoms with Crippen LogP contribution in [0.3, 0.4) is 0 Å². The van der Waals surface area contributed by atoms with Crippen molar-refractivity contribution in [2.45, 2.75) is 77.7 Å². The van der Waals surface area contributed by atoms with Gasteiger partial charge in [-0.2, -0.15) is 0 Å². The molecule has 0 aromatic rings. The van der Waals surface area contributed by atoms with Crippen molar-refractivity contribution in [3.63, 3.8) is 0 Å². The van der Waals surface area contributed by atoms with Gasteiger partial charge in [-0.05, 0) is 38.0 Å². The summed E-state index contributed by atoms with van der Waals surface area (Å²) in [5.74, 6) is 1.34. The lowest BCUT2D eigenvalue weighted by molar-refractivity contribution is -0.0258. The fourth-order valence-corrected chi connectivity index (χ4v) is 2.80. The molecule has 1 fully saturated rings. The van der Waals surface area contributed by atoms with Gasteiger partial charge in [0.2, 0.25) is 0 Å². The van der Waals surface area contributed by atoms with Crippen molar-refractivity contribution in [3.05, 3.63) is 0 Å². The minimum Gasteiger partial charge on any atom is -0.390 e. The Morgan fingerprint density at radius 3 is 2.33 bits per heavy atom. The molecular weight excluding hydrogens is 184 g/mol. The fraction of sp³-hybridized carbons (Fsp3) is 1.00. The zero-order chi connectivity index (χ0) is 11.3. The summed E-state index contributed by atoms with van der Waals surface area (Å²) in [6.07, 6.45) is 9.94. The molecule has 1 saturated carbocycles.